The highest BCUT2D eigenvalue weighted by Crippen LogP contribution is 2.41. The second-order valence-corrected chi connectivity index (χ2v) is 9.38. The lowest BCUT2D eigenvalue weighted by molar-refractivity contribution is -0.154. The highest BCUT2D eigenvalue weighted by atomic mass is 32.2. The maximum Gasteiger partial charge on any atom is 0.422 e. The number of likely N-dealkylation sites (tertiary alicyclic amines) is 2. The number of halogens is 3. The topological polar surface area (TPSA) is 75.6 Å². The van der Waals surface area contributed by atoms with Gasteiger partial charge in [-0.3, -0.25) is 9.59 Å². The van der Waals surface area contributed by atoms with Crippen LogP contribution in [0.1, 0.15) is 40.0 Å². The van der Waals surface area contributed by atoms with Crippen molar-refractivity contribution in [2.45, 2.75) is 30.5 Å². The summed E-state index contributed by atoms with van der Waals surface area (Å²) in [5.74, 6) is -0.743. The molecule has 4 heterocycles. The van der Waals surface area contributed by atoms with Gasteiger partial charge in [-0.25, -0.2) is 9.97 Å². The Kier molecular flexibility index (Phi) is 7.01. The Bertz CT molecular complexity index is 1060. The zero-order valence-corrected chi connectivity index (χ0v) is 19.5. The van der Waals surface area contributed by atoms with E-state index in [0.29, 0.717) is 36.8 Å². The van der Waals surface area contributed by atoms with E-state index in [1.165, 1.54) is 30.1 Å². The zero-order chi connectivity index (χ0) is 24.3. The van der Waals surface area contributed by atoms with Crippen LogP contribution in [-0.4, -0.2) is 76.8 Å². The SMILES string of the molecule is CSc1ncccc1C(=O)N1CCC2(CCN(C(=O)c3cccnc3OCC(F)(F)F)C2)CC1. The van der Waals surface area contributed by atoms with E-state index in [-0.39, 0.29) is 28.7 Å². The van der Waals surface area contributed by atoms with Crippen molar-refractivity contribution in [3.8, 4) is 5.88 Å². The average Bonchev–Trinajstić information content (AvgIpc) is 3.25. The Morgan fingerprint density at radius 2 is 1.59 bits per heavy atom. The standard InChI is InChI=1S/C23H25F3N4O3S/c1-34-19-17(5-3-10-28-19)21(32)29-11-6-22(7-12-29)8-13-30(14-22)20(31)16-4-2-9-27-18(16)33-15-23(24,25)26/h2-5,9-10H,6-8,11-15H2,1H3. The Morgan fingerprint density at radius 1 is 1.00 bits per heavy atom. The molecule has 0 aliphatic carbocycles. The van der Waals surface area contributed by atoms with Crippen LogP contribution < -0.4 is 4.74 Å². The van der Waals surface area contributed by atoms with Gasteiger partial charge in [-0.1, -0.05) is 0 Å². The number of hydrogen-bond donors (Lipinski definition) is 0. The summed E-state index contributed by atoms with van der Waals surface area (Å²) in [7, 11) is 0. The first-order valence-electron chi connectivity index (χ1n) is 10.9. The van der Waals surface area contributed by atoms with Gasteiger partial charge in [-0.2, -0.15) is 13.2 Å². The van der Waals surface area contributed by atoms with Crippen LogP contribution in [-0.2, 0) is 0 Å². The van der Waals surface area contributed by atoms with Crippen LogP contribution >= 0.6 is 11.8 Å². The van der Waals surface area contributed by atoms with E-state index in [1.54, 1.807) is 23.2 Å². The van der Waals surface area contributed by atoms with Crippen LogP contribution in [0, 0.1) is 5.41 Å². The summed E-state index contributed by atoms with van der Waals surface area (Å²) in [4.78, 5) is 37.7. The van der Waals surface area contributed by atoms with E-state index in [4.69, 9.17) is 4.74 Å². The summed E-state index contributed by atoms with van der Waals surface area (Å²) in [6.07, 6.45) is 2.61. The molecule has 2 saturated heterocycles. The number of carbonyl (C=O) groups is 2. The van der Waals surface area contributed by atoms with Crippen molar-refractivity contribution in [2.24, 2.45) is 5.41 Å². The van der Waals surface area contributed by atoms with Crippen molar-refractivity contribution < 1.29 is 27.5 Å². The number of carbonyl (C=O) groups excluding carboxylic acids is 2. The number of amides is 2. The molecule has 0 bridgehead atoms. The van der Waals surface area contributed by atoms with Crippen LogP contribution in [0.2, 0.25) is 0 Å². The highest BCUT2D eigenvalue weighted by molar-refractivity contribution is 7.98. The fourth-order valence-corrected chi connectivity index (χ4v) is 5.12. The molecule has 0 N–H and O–H groups in total. The number of piperidine rings is 1. The van der Waals surface area contributed by atoms with Gasteiger partial charge in [0.25, 0.3) is 11.8 Å². The molecule has 2 aliphatic rings. The van der Waals surface area contributed by atoms with E-state index in [1.807, 2.05) is 11.2 Å². The molecule has 34 heavy (non-hydrogen) atoms. The molecule has 2 amide bonds. The fraction of sp³-hybridized carbons (Fsp3) is 0.478. The summed E-state index contributed by atoms with van der Waals surface area (Å²) >= 11 is 1.43. The summed E-state index contributed by atoms with van der Waals surface area (Å²) in [5.41, 5.74) is 0.508. The van der Waals surface area contributed by atoms with E-state index < -0.39 is 12.8 Å². The van der Waals surface area contributed by atoms with Gasteiger partial charge in [0.2, 0.25) is 5.88 Å². The molecule has 0 saturated carbocycles. The summed E-state index contributed by atoms with van der Waals surface area (Å²) in [5, 5.41) is 0.699. The molecule has 7 nitrogen and oxygen atoms in total. The van der Waals surface area contributed by atoms with Crippen molar-refractivity contribution in [2.75, 3.05) is 39.0 Å². The number of hydrogen-bond acceptors (Lipinski definition) is 6. The summed E-state index contributed by atoms with van der Waals surface area (Å²) in [6.45, 7) is 0.643. The van der Waals surface area contributed by atoms with Gasteiger partial charge in [0.1, 0.15) is 10.6 Å². The van der Waals surface area contributed by atoms with E-state index in [9.17, 15) is 22.8 Å². The van der Waals surface area contributed by atoms with Gasteiger partial charge in [-0.05, 0) is 55.2 Å². The molecular weight excluding hydrogens is 469 g/mol. The highest BCUT2D eigenvalue weighted by Gasteiger charge is 2.43. The molecule has 2 fully saturated rings. The van der Waals surface area contributed by atoms with Gasteiger partial charge < -0.3 is 14.5 Å². The van der Waals surface area contributed by atoms with Crippen molar-refractivity contribution >= 4 is 23.6 Å². The normalized spacial score (nSPS) is 17.8. The monoisotopic (exact) mass is 494 g/mol. The number of aromatic nitrogens is 2. The Morgan fingerprint density at radius 3 is 2.24 bits per heavy atom. The van der Waals surface area contributed by atoms with E-state index in [0.717, 1.165) is 19.3 Å². The quantitative estimate of drug-likeness (QED) is 0.587. The lowest BCUT2D eigenvalue weighted by atomic mass is 9.77. The second-order valence-electron chi connectivity index (χ2n) is 8.59. The Hall–Kier alpha value is -2.82. The molecule has 11 heteroatoms. The Labute approximate surface area is 199 Å². The molecule has 4 rings (SSSR count). The molecule has 1 spiro atoms. The van der Waals surface area contributed by atoms with Crippen LogP contribution in [0.3, 0.4) is 0 Å². The molecule has 0 unspecified atom stereocenters. The molecule has 0 radical (unpaired) electrons. The van der Waals surface area contributed by atoms with Crippen LogP contribution in [0.25, 0.3) is 0 Å². The van der Waals surface area contributed by atoms with Crippen molar-refractivity contribution in [3.05, 3.63) is 47.8 Å². The summed E-state index contributed by atoms with van der Waals surface area (Å²) in [6, 6.07) is 6.48. The number of thioether (sulfide) groups is 1. The third-order valence-corrected chi connectivity index (χ3v) is 7.12. The van der Waals surface area contributed by atoms with Gasteiger partial charge >= 0.3 is 6.18 Å². The molecule has 2 aromatic rings. The van der Waals surface area contributed by atoms with E-state index >= 15 is 0 Å². The number of rotatable bonds is 5. The minimum absolute atomic E-state index is 0.0255. The number of alkyl halides is 3. The smallest absolute Gasteiger partial charge is 0.422 e. The van der Waals surface area contributed by atoms with Gasteiger partial charge in [0.05, 0.1) is 5.56 Å². The molecule has 0 atom stereocenters. The molecule has 2 aliphatic heterocycles. The maximum absolute atomic E-state index is 13.1. The summed E-state index contributed by atoms with van der Waals surface area (Å²) < 4.78 is 42.5. The predicted molar refractivity (Wildman–Crippen MR) is 120 cm³/mol. The van der Waals surface area contributed by atoms with E-state index in [2.05, 4.69) is 9.97 Å². The minimum Gasteiger partial charge on any atom is -0.467 e. The fourth-order valence-electron chi connectivity index (χ4n) is 4.58. The van der Waals surface area contributed by atoms with Crippen molar-refractivity contribution in [1.82, 2.24) is 19.8 Å². The zero-order valence-electron chi connectivity index (χ0n) is 18.7. The van der Waals surface area contributed by atoms with Crippen molar-refractivity contribution in [1.29, 1.82) is 0 Å². The molecule has 0 aromatic carbocycles. The maximum atomic E-state index is 13.1. The third kappa shape index (κ3) is 5.29. The molecule has 2 aromatic heterocycles. The predicted octanol–water partition coefficient (Wildman–Crippen LogP) is 3.91. The third-order valence-electron chi connectivity index (χ3n) is 6.41. The first-order valence-corrected chi connectivity index (χ1v) is 12.2. The Balaban J connectivity index is 1.39. The van der Waals surface area contributed by atoms with Crippen LogP contribution in [0.5, 0.6) is 5.88 Å². The van der Waals surface area contributed by atoms with Gasteiger partial charge in [0, 0.05) is 38.6 Å². The second kappa shape index (κ2) is 9.81. The lowest BCUT2D eigenvalue weighted by Crippen LogP contribution is -2.44. The molecule has 182 valence electrons. The molecular formula is C23H25F3N4O3S. The van der Waals surface area contributed by atoms with Crippen molar-refractivity contribution in [3.63, 3.8) is 0 Å². The van der Waals surface area contributed by atoms with Crippen LogP contribution in [0.4, 0.5) is 13.2 Å². The first-order chi connectivity index (χ1) is 16.2. The minimum atomic E-state index is -4.52. The first kappa shape index (κ1) is 24.3. The number of nitrogens with zero attached hydrogens (tertiary/aromatic N) is 4. The number of ether oxygens (including phenoxy) is 1. The average molecular weight is 495 g/mol. The number of pyridine rings is 2. The van der Waals surface area contributed by atoms with Gasteiger partial charge in [0.15, 0.2) is 6.61 Å². The largest absolute Gasteiger partial charge is 0.467 e. The van der Waals surface area contributed by atoms with Crippen LogP contribution in [0.15, 0.2) is 41.7 Å². The lowest BCUT2D eigenvalue weighted by Gasteiger charge is -2.39. The van der Waals surface area contributed by atoms with Gasteiger partial charge in [-0.15, -0.1) is 11.8 Å².